The fraction of sp³-hybridized carbons (Fsp3) is 0.333. The highest BCUT2D eigenvalue weighted by molar-refractivity contribution is 5.39. The maximum atomic E-state index is 10.3. The second kappa shape index (κ2) is 6.19. The third-order valence-electron chi connectivity index (χ3n) is 3.71. The molecule has 0 aromatic heterocycles. The van der Waals surface area contributed by atoms with Gasteiger partial charge in [0.2, 0.25) is 0 Å². The predicted octanol–water partition coefficient (Wildman–Crippen LogP) is 4.03. The minimum atomic E-state index is -0.476. The predicted molar refractivity (Wildman–Crippen MR) is 81.6 cm³/mol. The highest BCUT2D eigenvalue weighted by Gasteiger charge is 2.27. The molecule has 2 atom stereocenters. The smallest absolute Gasteiger partial charge is 0.127 e. The van der Waals surface area contributed by atoms with Gasteiger partial charge in [-0.1, -0.05) is 37.3 Å². The fourth-order valence-electron chi connectivity index (χ4n) is 2.60. The van der Waals surface area contributed by atoms with Crippen molar-refractivity contribution in [2.24, 2.45) is 0 Å². The van der Waals surface area contributed by atoms with Crippen molar-refractivity contribution in [3.63, 3.8) is 0 Å². The number of fused-ring (bicyclic) bond motifs is 1. The van der Waals surface area contributed by atoms with Crippen LogP contribution in [-0.2, 0) is 0 Å². The molecule has 110 valence electrons. The first-order valence-corrected chi connectivity index (χ1v) is 7.44. The summed E-state index contributed by atoms with van der Waals surface area (Å²) >= 11 is 0. The molecule has 0 aliphatic carbocycles. The minimum Gasteiger partial charge on any atom is -0.494 e. The summed E-state index contributed by atoms with van der Waals surface area (Å²) in [6.07, 6.45) is 0.980. The maximum Gasteiger partial charge on any atom is 0.127 e. The molecule has 0 saturated carbocycles. The molecule has 0 radical (unpaired) electrons. The molecule has 3 nitrogen and oxygen atoms in total. The summed E-state index contributed by atoms with van der Waals surface area (Å²) in [6, 6.07) is 15.6. The fourth-order valence-corrected chi connectivity index (χ4v) is 2.60. The first-order chi connectivity index (χ1) is 10.3. The highest BCUT2D eigenvalue weighted by Crippen LogP contribution is 2.40. The van der Waals surface area contributed by atoms with E-state index in [1.807, 2.05) is 48.5 Å². The van der Waals surface area contributed by atoms with Crippen molar-refractivity contribution < 1.29 is 14.6 Å². The largest absolute Gasteiger partial charge is 0.494 e. The van der Waals surface area contributed by atoms with Crippen LogP contribution >= 0.6 is 0 Å². The van der Waals surface area contributed by atoms with E-state index in [2.05, 4.69) is 6.92 Å². The van der Waals surface area contributed by atoms with Crippen LogP contribution in [0.3, 0.4) is 0 Å². The molecule has 1 aliphatic heterocycles. The number of hydrogen-bond acceptors (Lipinski definition) is 3. The zero-order valence-corrected chi connectivity index (χ0v) is 12.2. The molecule has 2 aromatic rings. The first-order valence-electron chi connectivity index (χ1n) is 7.44. The number of benzene rings is 2. The van der Waals surface area contributed by atoms with E-state index in [0.29, 0.717) is 6.42 Å². The number of aliphatic hydroxyl groups excluding tert-OH is 1. The molecule has 0 spiro atoms. The van der Waals surface area contributed by atoms with E-state index in [0.717, 1.165) is 35.7 Å². The summed E-state index contributed by atoms with van der Waals surface area (Å²) in [6.45, 7) is 2.81. The Morgan fingerprint density at radius 1 is 1.14 bits per heavy atom. The second-order valence-corrected chi connectivity index (χ2v) is 5.31. The lowest BCUT2D eigenvalue weighted by atomic mass is 9.95. The van der Waals surface area contributed by atoms with Crippen molar-refractivity contribution in [2.75, 3.05) is 6.61 Å². The van der Waals surface area contributed by atoms with Gasteiger partial charge in [0.15, 0.2) is 0 Å². The Bertz CT molecular complexity index is 592. The van der Waals surface area contributed by atoms with Gasteiger partial charge in [-0.15, -0.1) is 0 Å². The van der Waals surface area contributed by atoms with Gasteiger partial charge in [-0.25, -0.2) is 0 Å². The molecule has 0 amide bonds. The summed E-state index contributed by atoms with van der Waals surface area (Å²) in [7, 11) is 0. The SMILES string of the molecule is CCCOc1ccc(C2CC(O)c3ccccc3O2)cc1. The molecule has 3 heteroatoms. The van der Waals surface area contributed by atoms with Gasteiger partial charge < -0.3 is 14.6 Å². The second-order valence-electron chi connectivity index (χ2n) is 5.31. The Balaban J connectivity index is 1.76. The van der Waals surface area contributed by atoms with Gasteiger partial charge in [-0.3, -0.25) is 0 Å². The summed E-state index contributed by atoms with van der Waals surface area (Å²) in [5, 5.41) is 10.3. The Morgan fingerprint density at radius 2 is 1.90 bits per heavy atom. The van der Waals surface area contributed by atoms with Gasteiger partial charge in [0.05, 0.1) is 12.7 Å². The zero-order chi connectivity index (χ0) is 14.7. The van der Waals surface area contributed by atoms with Gasteiger partial charge in [0, 0.05) is 12.0 Å². The Labute approximate surface area is 125 Å². The number of ether oxygens (including phenoxy) is 2. The van der Waals surface area contributed by atoms with E-state index in [9.17, 15) is 5.11 Å². The number of para-hydroxylation sites is 1. The van der Waals surface area contributed by atoms with Crippen LogP contribution < -0.4 is 9.47 Å². The van der Waals surface area contributed by atoms with Crippen molar-refractivity contribution in [3.05, 3.63) is 59.7 Å². The molecule has 21 heavy (non-hydrogen) atoms. The summed E-state index contributed by atoms with van der Waals surface area (Å²) in [4.78, 5) is 0. The lowest BCUT2D eigenvalue weighted by molar-refractivity contribution is 0.0657. The Hall–Kier alpha value is -2.00. The average Bonchev–Trinajstić information content (AvgIpc) is 2.53. The highest BCUT2D eigenvalue weighted by atomic mass is 16.5. The number of rotatable bonds is 4. The summed E-state index contributed by atoms with van der Waals surface area (Å²) < 4.78 is 11.6. The van der Waals surface area contributed by atoms with Crippen molar-refractivity contribution in [2.45, 2.75) is 32.0 Å². The van der Waals surface area contributed by atoms with E-state index < -0.39 is 6.10 Å². The Kier molecular flexibility index (Phi) is 4.11. The molecule has 0 bridgehead atoms. The average molecular weight is 284 g/mol. The van der Waals surface area contributed by atoms with E-state index in [4.69, 9.17) is 9.47 Å². The zero-order valence-electron chi connectivity index (χ0n) is 12.2. The molecule has 0 fully saturated rings. The lowest BCUT2D eigenvalue weighted by Crippen LogP contribution is -2.18. The first kappa shape index (κ1) is 14.0. The van der Waals surface area contributed by atoms with Crippen LogP contribution in [0.4, 0.5) is 0 Å². The molecule has 2 unspecified atom stereocenters. The molecule has 0 saturated heterocycles. The monoisotopic (exact) mass is 284 g/mol. The molecule has 1 heterocycles. The van der Waals surface area contributed by atoms with Crippen molar-refractivity contribution in [3.8, 4) is 11.5 Å². The standard InChI is InChI=1S/C18H20O3/c1-2-11-20-14-9-7-13(8-10-14)18-12-16(19)15-5-3-4-6-17(15)21-18/h3-10,16,18-19H,2,11-12H2,1H3. The van der Waals surface area contributed by atoms with E-state index in [1.165, 1.54) is 0 Å². The molecule has 3 rings (SSSR count). The summed E-state index contributed by atoms with van der Waals surface area (Å²) in [5.41, 5.74) is 1.93. The number of hydrogen-bond donors (Lipinski definition) is 1. The van der Waals surface area contributed by atoms with Crippen LogP contribution in [0.2, 0.25) is 0 Å². The van der Waals surface area contributed by atoms with E-state index >= 15 is 0 Å². The molecular formula is C18H20O3. The van der Waals surface area contributed by atoms with Gasteiger partial charge >= 0.3 is 0 Å². The quantitative estimate of drug-likeness (QED) is 0.921. The molecule has 1 N–H and O–H groups in total. The maximum absolute atomic E-state index is 10.3. The van der Waals surface area contributed by atoms with Gasteiger partial charge in [-0.05, 0) is 30.2 Å². The van der Waals surface area contributed by atoms with Crippen molar-refractivity contribution in [1.29, 1.82) is 0 Å². The lowest BCUT2D eigenvalue weighted by Gasteiger charge is -2.29. The van der Waals surface area contributed by atoms with Gasteiger partial charge in [0.25, 0.3) is 0 Å². The van der Waals surface area contributed by atoms with Crippen LogP contribution in [-0.4, -0.2) is 11.7 Å². The van der Waals surface area contributed by atoms with Crippen LogP contribution in [0.25, 0.3) is 0 Å². The Morgan fingerprint density at radius 3 is 2.67 bits per heavy atom. The van der Waals surface area contributed by atoms with Crippen LogP contribution in [0.1, 0.15) is 43.1 Å². The third-order valence-corrected chi connectivity index (χ3v) is 3.71. The van der Waals surface area contributed by atoms with Crippen molar-refractivity contribution >= 4 is 0 Å². The topological polar surface area (TPSA) is 38.7 Å². The van der Waals surface area contributed by atoms with Crippen LogP contribution in [0.5, 0.6) is 11.5 Å². The van der Waals surface area contributed by atoms with Gasteiger partial charge in [0.1, 0.15) is 17.6 Å². The van der Waals surface area contributed by atoms with E-state index in [-0.39, 0.29) is 6.10 Å². The normalized spacial score (nSPS) is 20.5. The molecule has 1 aliphatic rings. The van der Waals surface area contributed by atoms with Gasteiger partial charge in [-0.2, -0.15) is 0 Å². The van der Waals surface area contributed by atoms with E-state index in [1.54, 1.807) is 0 Å². The van der Waals surface area contributed by atoms with Crippen LogP contribution in [0, 0.1) is 0 Å². The minimum absolute atomic E-state index is 0.116. The molecular weight excluding hydrogens is 264 g/mol. The molecule has 2 aromatic carbocycles. The summed E-state index contributed by atoms with van der Waals surface area (Å²) in [5.74, 6) is 1.64. The third kappa shape index (κ3) is 3.03. The van der Waals surface area contributed by atoms with Crippen molar-refractivity contribution in [1.82, 2.24) is 0 Å². The van der Waals surface area contributed by atoms with Crippen LogP contribution in [0.15, 0.2) is 48.5 Å². The number of aliphatic hydroxyl groups is 1.